The van der Waals surface area contributed by atoms with Crippen LogP contribution >= 0.6 is 5.69 Å². The van der Waals surface area contributed by atoms with Crippen molar-refractivity contribution in [1.29, 1.82) is 0 Å². The largest absolute Gasteiger partial charge is 2.00 e. The first-order chi connectivity index (χ1) is 22.8. The van der Waals surface area contributed by atoms with E-state index in [1.54, 1.807) is 0 Å². The third-order valence-electron chi connectivity index (χ3n) is 7.72. The van der Waals surface area contributed by atoms with Crippen molar-refractivity contribution in [2.45, 2.75) is 156 Å². The zero-order valence-electron chi connectivity index (χ0n) is 32.0. The van der Waals surface area contributed by atoms with Gasteiger partial charge in [-0.15, -0.1) is 0 Å². The molecule has 0 aliphatic carbocycles. The van der Waals surface area contributed by atoms with Crippen molar-refractivity contribution in [2.75, 3.05) is 0 Å². The monoisotopic (exact) mass is 886 g/mol. The Morgan fingerprint density at radius 2 is 0.680 bits per heavy atom. The van der Waals surface area contributed by atoms with Crippen molar-refractivity contribution >= 4 is 29.7 Å². The molecule has 0 heterocycles. The molecule has 266 valence electrons. The number of aryl methyl sites for hydroxylation is 3. The fourth-order valence-electron chi connectivity index (χ4n) is 5.05. The van der Waals surface area contributed by atoms with Crippen LogP contribution in [0.3, 0.4) is 0 Å². The molecule has 0 aliphatic rings. The SMILES string of the molecule is CCCCCCCCc1[c-]cccc1.CCCCCCCCc1[c-]cccc1.CCCCCCCCc1[c-]cccc1.[O-]P([O-])(=S)[S-].[Zn+2].[Zn+2].[Zn+2]. The van der Waals surface area contributed by atoms with Crippen LogP contribution in [-0.2, 0) is 102 Å². The van der Waals surface area contributed by atoms with E-state index < -0.39 is 5.69 Å². The standard InChI is InChI=1S/3C14H21.H3O2PS2.3Zn/c3*1-2-3-4-5-6-8-11-14-12-9-7-10-13-14;1-3(2,4)5;;;/h3*7,9-10,12H,2-6,8,11H2,1H3;(H3,1,2,4,5);;;/q3*-1;;3*+2/p-3. The maximum atomic E-state index is 9.29. The first-order valence-electron chi connectivity index (χ1n) is 18.4. The van der Waals surface area contributed by atoms with Crippen LogP contribution in [0.5, 0.6) is 0 Å². The first kappa shape index (κ1) is 57.2. The van der Waals surface area contributed by atoms with Gasteiger partial charge in [-0.05, 0) is 0 Å². The fraction of sp³-hybridized carbons (Fsp3) is 0.571. The van der Waals surface area contributed by atoms with E-state index in [0.29, 0.717) is 0 Å². The van der Waals surface area contributed by atoms with Crippen LogP contribution in [0.1, 0.15) is 153 Å². The summed E-state index contributed by atoms with van der Waals surface area (Å²) in [5.74, 6) is 0. The van der Waals surface area contributed by atoms with Gasteiger partial charge >= 0.3 is 58.4 Å². The Balaban J connectivity index is -0.000000289. The zero-order valence-corrected chi connectivity index (χ0v) is 43.4. The maximum Gasteiger partial charge on any atom is 2.00 e. The number of hydrogen-bond donors (Lipinski definition) is 0. The van der Waals surface area contributed by atoms with Gasteiger partial charge in [-0.2, -0.15) is 119 Å². The smallest absolute Gasteiger partial charge is 0.850 e. The molecule has 0 amide bonds. The summed E-state index contributed by atoms with van der Waals surface area (Å²) >= 11 is 7.28. The molecular weight excluding hydrogens is 828 g/mol. The van der Waals surface area contributed by atoms with E-state index in [0.717, 1.165) is 0 Å². The molecular formula is C42H63O2PS2Zn3. The van der Waals surface area contributed by atoms with Crippen molar-refractivity contribution < 1.29 is 68.2 Å². The number of rotatable bonds is 21. The molecule has 50 heavy (non-hydrogen) atoms. The van der Waals surface area contributed by atoms with Crippen molar-refractivity contribution in [3.63, 3.8) is 0 Å². The molecule has 0 bridgehead atoms. The van der Waals surface area contributed by atoms with Gasteiger partial charge in [-0.3, -0.25) is 0 Å². The van der Waals surface area contributed by atoms with Gasteiger partial charge in [-0.25, -0.2) is 0 Å². The number of hydrogen-bond acceptors (Lipinski definition) is 4. The van der Waals surface area contributed by atoms with Gasteiger partial charge < -0.3 is 27.7 Å². The third kappa shape index (κ3) is 46.5. The van der Waals surface area contributed by atoms with E-state index in [4.69, 9.17) is 0 Å². The van der Waals surface area contributed by atoms with E-state index in [1.807, 2.05) is 36.4 Å². The molecule has 0 saturated heterocycles. The Morgan fingerprint density at radius 1 is 0.460 bits per heavy atom. The Morgan fingerprint density at radius 3 is 0.880 bits per heavy atom. The van der Waals surface area contributed by atoms with E-state index in [2.05, 4.69) is 99.4 Å². The summed E-state index contributed by atoms with van der Waals surface area (Å²) in [7, 11) is 0. The van der Waals surface area contributed by atoms with Gasteiger partial charge in [0, 0.05) is 0 Å². The molecule has 0 radical (unpaired) electrons. The van der Waals surface area contributed by atoms with Crippen molar-refractivity contribution in [1.82, 2.24) is 0 Å². The minimum absolute atomic E-state index is 0. The normalized spacial score (nSPS) is 9.88. The Bertz CT molecular complexity index is 943. The molecule has 8 heteroatoms. The summed E-state index contributed by atoms with van der Waals surface area (Å²) in [4.78, 5) is 18.6. The molecule has 0 N–H and O–H groups in total. The molecule has 0 atom stereocenters. The Hall–Kier alpha value is 0.450. The Kier molecular flexibility index (Phi) is 50.1. The van der Waals surface area contributed by atoms with Gasteiger partial charge in [0.2, 0.25) is 0 Å². The predicted molar refractivity (Wildman–Crippen MR) is 209 cm³/mol. The summed E-state index contributed by atoms with van der Waals surface area (Å²) < 4.78 is 0. The molecule has 3 aromatic rings. The minimum atomic E-state index is -3.72. The molecule has 0 saturated carbocycles. The fourth-order valence-corrected chi connectivity index (χ4v) is 5.05. The second kappa shape index (κ2) is 43.9. The van der Waals surface area contributed by atoms with Crippen LogP contribution in [0.15, 0.2) is 72.8 Å². The number of benzene rings is 3. The minimum Gasteiger partial charge on any atom is -0.850 e. The second-order valence-electron chi connectivity index (χ2n) is 12.2. The topological polar surface area (TPSA) is 46.1 Å². The van der Waals surface area contributed by atoms with Gasteiger partial charge in [0.15, 0.2) is 0 Å². The van der Waals surface area contributed by atoms with Gasteiger partial charge in [0.1, 0.15) is 0 Å². The molecule has 0 aromatic heterocycles. The summed E-state index contributed by atoms with van der Waals surface area (Å²) in [5.41, 5.74) is 0.369. The average Bonchev–Trinajstić information content (AvgIpc) is 3.07. The molecule has 0 fully saturated rings. The van der Waals surface area contributed by atoms with E-state index in [-0.39, 0.29) is 58.4 Å². The van der Waals surface area contributed by atoms with Crippen molar-refractivity contribution in [3.8, 4) is 0 Å². The summed E-state index contributed by atoms with van der Waals surface area (Å²) in [6.07, 6.45) is 28.4. The van der Waals surface area contributed by atoms with E-state index in [1.165, 1.54) is 152 Å². The van der Waals surface area contributed by atoms with Crippen LogP contribution in [0.25, 0.3) is 0 Å². The zero-order chi connectivity index (χ0) is 34.7. The van der Waals surface area contributed by atoms with Crippen LogP contribution in [0.4, 0.5) is 0 Å². The third-order valence-corrected chi connectivity index (χ3v) is 7.72. The molecule has 3 rings (SSSR count). The van der Waals surface area contributed by atoms with Crippen LogP contribution < -0.4 is 9.79 Å². The van der Waals surface area contributed by atoms with E-state index in [9.17, 15) is 9.79 Å². The molecule has 0 aliphatic heterocycles. The molecule has 2 nitrogen and oxygen atoms in total. The molecule has 3 aromatic carbocycles. The van der Waals surface area contributed by atoms with Gasteiger partial charge in [0.05, 0.1) is 0 Å². The quantitative estimate of drug-likeness (QED) is 0.0351. The maximum absolute atomic E-state index is 9.29. The molecule has 0 spiro atoms. The average molecular weight is 891 g/mol. The predicted octanol–water partition coefficient (Wildman–Crippen LogP) is 11.6. The van der Waals surface area contributed by atoms with Crippen LogP contribution in [-0.4, -0.2) is 0 Å². The molecule has 0 unspecified atom stereocenters. The van der Waals surface area contributed by atoms with Crippen LogP contribution in [0.2, 0.25) is 0 Å². The summed E-state index contributed by atoms with van der Waals surface area (Å²) in [6, 6.07) is 34.7. The van der Waals surface area contributed by atoms with Gasteiger partial charge in [-0.1, -0.05) is 156 Å². The second-order valence-corrected chi connectivity index (χ2v) is 16.6. The van der Waals surface area contributed by atoms with Gasteiger partial charge in [0.25, 0.3) is 0 Å². The first-order valence-corrected chi connectivity index (χ1v) is 22.0. The van der Waals surface area contributed by atoms with Crippen molar-refractivity contribution in [3.05, 3.63) is 108 Å². The Labute approximate surface area is 358 Å². The summed E-state index contributed by atoms with van der Waals surface area (Å²) in [6.45, 7) is 6.79. The number of unbranched alkanes of at least 4 members (excludes halogenated alkanes) is 15. The van der Waals surface area contributed by atoms with E-state index >= 15 is 0 Å². The van der Waals surface area contributed by atoms with Crippen LogP contribution in [0, 0.1) is 18.2 Å². The summed E-state index contributed by atoms with van der Waals surface area (Å²) in [5, 5.41) is 0. The van der Waals surface area contributed by atoms with Crippen molar-refractivity contribution in [2.24, 2.45) is 0 Å².